The minimum atomic E-state index is -0.415. The Hall–Kier alpha value is -1.53. The van der Waals surface area contributed by atoms with Crippen molar-refractivity contribution in [2.45, 2.75) is 6.61 Å². The smallest absolute Gasteiger partial charge is 0.350 e. The molecule has 0 unspecified atom stereocenters. The molecule has 0 aliphatic heterocycles. The number of halogens is 1. The Morgan fingerprint density at radius 2 is 2.21 bits per heavy atom. The zero-order valence-electron chi connectivity index (χ0n) is 10.2. The fourth-order valence-corrected chi connectivity index (χ4v) is 2.55. The van der Waals surface area contributed by atoms with Gasteiger partial charge in [0.2, 0.25) is 0 Å². The summed E-state index contributed by atoms with van der Waals surface area (Å²) in [6.07, 6.45) is 0. The quantitative estimate of drug-likeness (QED) is 0.865. The maximum atomic E-state index is 11.8. The van der Waals surface area contributed by atoms with Crippen molar-refractivity contribution in [2.75, 3.05) is 12.8 Å². The van der Waals surface area contributed by atoms with Crippen molar-refractivity contribution in [3.63, 3.8) is 0 Å². The van der Waals surface area contributed by atoms with Gasteiger partial charge in [-0.3, -0.25) is 0 Å². The average Bonchev–Trinajstić information content (AvgIpc) is 2.84. The maximum Gasteiger partial charge on any atom is 0.350 e. The summed E-state index contributed by atoms with van der Waals surface area (Å²) in [7, 11) is 1.59. The van der Waals surface area contributed by atoms with Crippen LogP contribution in [0.1, 0.15) is 15.2 Å². The van der Waals surface area contributed by atoms with Crippen molar-refractivity contribution in [3.05, 3.63) is 44.6 Å². The van der Waals surface area contributed by atoms with Crippen LogP contribution in [0.2, 0.25) is 0 Å². The van der Waals surface area contributed by atoms with E-state index in [0.717, 1.165) is 10.0 Å². The van der Waals surface area contributed by atoms with Crippen LogP contribution in [0.3, 0.4) is 0 Å². The van der Waals surface area contributed by atoms with Crippen molar-refractivity contribution in [3.8, 4) is 5.75 Å². The molecule has 0 aliphatic rings. The van der Waals surface area contributed by atoms with Gasteiger partial charge in [0.05, 0.1) is 12.8 Å². The molecular formula is C13H12BrNO3S. The average molecular weight is 342 g/mol. The highest BCUT2D eigenvalue weighted by molar-refractivity contribution is 9.10. The van der Waals surface area contributed by atoms with Gasteiger partial charge in [0.25, 0.3) is 0 Å². The molecule has 1 heterocycles. The number of thiophene rings is 1. The highest BCUT2D eigenvalue weighted by atomic mass is 79.9. The van der Waals surface area contributed by atoms with Gasteiger partial charge in [-0.2, -0.15) is 0 Å². The van der Waals surface area contributed by atoms with Gasteiger partial charge in [0, 0.05) is 10.0 Å². The molecule has 0 saturated heterocycles. The van der Waals surface area contributed by atoms with Crippen LogP contribution in [-0.4, -0.2) is 13.1 Å². The molecule has 0 amide bonds. The number of esters is 1. The lowest BCUT2D eigenvalue weighted by atomic mass is 10.2. The van der Waals surface area contributed by atoms with E-state index >= 15 is 0 Å². The van der Waals surface area contributed by atoms with Crippen molar-refractivity contribution in [1.29, 1.82) is 0 Å². The van der Waals surface area contributed by atoms with E-state index in [1.165, 1.54) is 11.3 Å². The molecule has 100 valence electrons. The molecule has 0 spiro atoms. The standard InChI is InChI=1S/C13H12BrNO3S/c1-17-9-2-3-10(14)8(6-9)7-18-13(16)12-11(15)4-5-19-12/h2-6H,7,15H2,1H3. The van der Waals surface area contributed by atoms with E-state index in [2.05, 4.69) is 15.9 Å². The van der Waals surface area contributed by atoms with Crippen LogP contribution in [0.25, 0.3) is 0 Å². The summed E-state index contributed by atoms with van der Waals surface area (Å²) in [6, 6.07) is 7.17. The van der Waals surface area contributed by atoms with Crippen LogP contribution < -0.4 is 10.5 Å². The molecule has 1 aromatic heterocycles. The highest BCUT2D eigenvalue weighted by Gasteiger charge is 2.13. The zero-order chi connectivity index (χ0) is 13.8. The van der Waals surface area contributed by atoms with Crippen molar-refractivity contribution in [1.82, 2.24) is 0 Å². The van der Waals surface area contributed by atoms with E-state index in [0.29, 0.717) is 16.3 Å². The lowest BCUT2D eigenvalue weighted by Gasteiger charge is -2.08. The topological polar surface area (TPSA) is 61.5 Å². The Labute approximate surface area is 123 Å². The summed E-state index contributed by atoms with van der Waals surface area (Å²) in [5.41, 5.74) is 6.95. The Morgan fingerprint density at radius 1 is 1.42 bits per heavy atom. The van der Waals surface area contributed by atoms with E-state index in [-0.39, 0.29) is 6.61 Å². The second-order valence-electron chi connectivity index (χ2n) is 3.74. The number of hydrogen-bond donors (Lipinski definition) is 1. The van der Waals surface area contributed by atoms with Gasteiger partial charge < -0.3 is 15.2 Å². The summed E-state index contributed by atoms with van der Waals surface area (Å²) in [5, 5.41) is 1.76. The third kappa shape index (κ3) is 3.27. The second kappa shape index (κ2) is 6.08. The molecule has 6 heteroatoms. The molecule has 19 heavy (non-hydrogen) atoms. The van der Waals surface area contributed by atoms with Gasteiger partial charge in [-0.05, 0) is 29.6 Å². The minimum absolute atomic E-state index is 0.161. The van der Waals surface area contributed by atoms with Crippen LogP contribution in [-0.2, 0) is 11.3 Å². The van der Waals surface area contributed by atoms with E-state index < -0.39 is 5.97 Å². The van der Waals surface area contributed by atoms with Gasteiger partial charge in [0.15, 0.2) is 0 Å². The molecule has 0 atom stereocenters. The van der Waals surface area contributed by atoms with Gasteiger partial charge in [0.1, 0.15) is 17.2 Å². The van der Waals surface area contributed by atoms with Gasteiger partial charge >= 0.3 is 5.97 Å². The molecular weight excluding hydrogens is 330 g/mol. The number of methoxy groups -OCH3 is 1. The summed E-state index contributed by atoms with van der Waals surface area (Å²) >= 11 is 4.67. The Balaban J connectivity index is 2.07. The molecule has 1 aromatic carbocycles. The lowest BCUT2D eigenvalue weighted by molar-refractivity contribution is 0.0478. The molecule has 0 saturated carbocycles. The first-order valence-electron chi connectivity index (χ1n) is 5.44. The van der Waals surface area contributed by atoms with E-state index in [4.69, 9.17) is 15.2 Å². The number of nitrogens with two attached hydrogens (primary N) is 1. The van der Waals surface area contributed by atoms with Gasteiger partial charge in [-0.25, -0.2) is 4.79 Å². The molecule has 4 nitrogen and oxygen atoms in total. The van der Waals surface area contributed by atoms with Gasteiger partial charge in [-0.15, -0.1) is 11.3 Å². The number of hydrogen-bond acceptors (Lipinski definition) is 5. The number of ether oxygens (including phenoxy) is 2. The third-order valence-corrected chi connectivity index (χ3v) is 4.18. The Bertz CT molecular complexity index is 597. The van der Waals surface area contributed by atoms with Crippen LogP contribution in [0.5, 0.6) is 5.75 Å². The molecule has 0 fully saturated rings. The maximum absolute atomic E-state index is 11.8. The predicted molar refractivity (Wildman–Crippen MR) is 78.5 cm³/mol. The summed E-state index contributed by atoms with van der Waals surface area (Å²) in [5.74, 6) is 0.298. The van der Waals surface area contributed by atoms with Crippen molar-refractivity contribution >= 4 is 38.9 Å². The first-order valence-corrected chi connectivity index (χ1v) is 7.11. The number of carbonyl (C=O) groups excluding carboxylic acids is 1. The summed E-state index contributed by atoms with van der Waals surface area (Å²) < 4.78 is 11.2. The zero-order valence-corrected chi connectivity index (χ0v) is 12.6. The van der Waals surface area contributed by atoms with Crippen LogP contribution in [0.4, 0.5) is 5.69 Å². The number of nitrogen functional groups attached to an aromatic ring is 1. The summed E-state index contributed by atoms with van der Waals surface area (Å²) in [4.78, 5) is 12.3. The van der Waals surface area contributed by atoms with E-state index in [1.807, 2.05) is 18.2 Å². The number of benzene rings is 1. The molecule has 0 radical (unpaired) electrons. The molecule has 0 bridgehead atoms. The second-order valence-corrected chi connectivity index (χ2v) is 5.51. The molecule has 2 aromatic rings. The fourth-order valence-electron chi connectivity index (χ4n) is 1.48. The first kappa shape index (κ1) is 13.9. The van der Waals surface area contributed by atoms with Crippen LogP contribution in [0.15, 0.2) is 34.1 Å². The number of anilines is 1. The molecule has 2 N–H and O–H groups in total. The SMILES string of the molecule is COc1ccc(Br)c(COC(=O)c2sccc2N)c1. The third-order valence-electron chi connectivity index (χ3n) is 2.49. The number of rotatable bonds is 4. The lowest BCUT2D eigenvalue weighted by Crippen LogP contribution is -2.06. The summed E-state index contributed by atoms with van der Waals surface area (Å²) in [6.45, 7) is 0.161. The minimum Gasteiger partial charge on any atom is -0.497 e. The molecule has 2 rings (SSSR count). The number of carbonyl (C=O) groups is 1. The monoisotopic (exact) mass is 341 g/mol. The van der Waals surface area contributed by atoms with Gasteiger partial charge in [-0.1, -0.05) is 15.9 Å². The molecule has 0 aliphatic carbocycles. The van der Waals surface area contributed by atoms with Crippen LogP contribution >= 0.6 is 27.3 Å². The first-order chi connectivity index (χ1) is 9.11. The Morgan fingerprint density at radius 3 is 2.84 bits per heavy atom. The Kier molecular flexibility index (Phi) is 4.44. The van der Waals surface area contributed by atoms with E-state index in [9.17, 15) is 4.79 Å². The highest BCUT2D eigenvalue weighted by Crippen LogP contribution is 2.25. The van der Waals surface area contributed by atoms with Crippen molar-refractivity contribution in [2.24, 2.45) is 0 Å². The van der Waals surface area contributed by atoms with Crippen molar-refractivity contribution < 1.29 is 14.3 Å². The predicted octanol–water partition coefficient (Wildman–Crippen LogP) is 3.46. The van der Waals surface area contributed by atoms with Crippen LogP contribution in [0, 0.1) is 0 Å². The van der Waals surface area contributed by atoms with E-state index in [1.54, 1.807) is 18.6 Å². The fraction of sp³-hybridized carbons (Fsp3) is 0.154. The largest absolute Gasteiger partial charge is 0.497 e. The normalized spacial score (nSPS) is 10.2.